The van der Waals surface area contributed by atoms with Gasteiger partial charge in [-0.1, -0.05) is 16.4 Å². The lowest BCUT2D eigenvalue weighted by molar-refractivity contribution is -0.121. The number of carbonyl (C=O) groups is 1. The number of aromatic nitrogens is 3. The first kappa shape index (κ1) is 17.2. The van der Waals surface area contributed by atoms with Crippen molar-refractivity contribution in [1.82, 2.24) is 15.2 Å². The largest absolute Gasteiger partial charge is 0.385 e. The van der Waals surface area contributed by atoms with E-state index in [1.165, 1.54) is 4.85 Å². The summed E-state index contributed by atoms with van der Waals surface area (Å²) < 4.78 is 1.56. The van der Waals surface area contributed by atoms with Crippen molar-refractivity contribution in [1.29, 1.82) is 0 Å². The lowest BCUT2D eigenvalue weighted by Gasteiger charge is -2.11. The van der Waals surface area contributed by atoms with Crippen molar-refractivity contribution < 1.29 is 9.63 Å². The first-order valence-electron chi connectivity index (χ1n) is 6.84. The van der Waals surface area contributed by atoms with Gasteiger partial charge >= 0.3 is 0 Å². The minimum atomic E-state index is -0.328. The Hall–Kier alpha value is -1.64. The zero-order valence-electron chi connectivity index (χ0n) is 12.4. The average molecular weight is 475 g/mol. The molecule has 9 heteroatoms. The van der Waals surface area contributed by atoms with Crippen LogP contribution in [0.5, 0.6) is 0 Å². The number of anilines is 1. The van der Waals surface area contributed by atoms with E-state index in [4.69, 9.17) is 16.4 Å². The molecule has 0 aliphatic rings. The van der Waals surface area contributed by atoms with Gasteiger partial charge in [0.15, 0.2) is 6.61 Å². The SMILES string of the molecule is Cc1cc(Br)c(NC(=O)COn2nnc3ccc(Cl)cc32)c(Br)c1. The summed E-state index contributed by atoms with van der Waals surface area (Å²) in [5.74, 6) is -0.328. The van der Waals surface area contributed by atoms with Crippen LogP contribution in [0.3, 0.4) is 0 Å². The number of benzene rings is 2. The molecule has 0 saturated carbocycles. The van der Waals surface area contributed by atoms with E-state index in [1.807, 2.05) is 19.1 Å². The molecule has 2 aromatic carbocycles. The quantitative estimate of drug-likeness (QED) is 0.621. The van der Waals surface area contributed by atoms with Gasteiger partial charge in [0.05, 0.1) is 5.69 Å². The van der Waals surface area contributed by atoms with Crippen LogP contribution in [0.1, 0.15) is 5.56 Å². The maximum atomic E-state index is 12.1. The normalized spacial score (nSPS) is 10.8. The fraction of sp³-hybridized carbons (Fsp3) is 0.133. The second kappa shape index (κ2) is 7.08. The smallest absolute Gasteiger partial charge is 0.265 e. The molecule has 0 unspecified atom stereocenters. The number of nitrogens with one attached hydrogen (secondary N) is 1. The lowest BCUT2D eigenvalue weighted by Crippen LogP contribution is -2.26. The van der Waals surface area contributed by atoms with E-state index in [2.05, 4.69) is 47.5 Å². The second-order valence-corrected chi connectivity index (χ2v) is 7.17. The maximum absolute atomic E-state index is 12.1. The molecule has 3 aromatic rings. The van der Waals surface area contributed by atoms with Crippen molar-refractivity contribution in [3.8, 4) is 0 Å². The van der Waals surface area contributed by atoms with Crippen LogP contribution in [0.25, 0.3) is 11.0 Å². The van der Waals surface area contributed by atoms with E-state index >= 15 is 0 Å². The van der Waals surface area contributed by atoms with Crippen molar-refractivity contribution in [3.05, 3.63) is 49.9 Å². The van der Waals surface area contributed by atoms with E-state index in [9.17, 15) is 4.79 Å². The van der Waals surface area contributed by atoms with E-state index in [0.29, 0.717) is 21.7 Å². The summed E-state index contributed by atoms with van der Waals surface area (Å²) in [5, 5.41) is 11.1. The molecule has 0 fully saturated rings. The fourth-order valence-electron chi connectivity index (χ4n) is 2.08. The summed E-state index contributed by atoms with van der Waals surface area (Å²) in [6.07, 6.45) is 0. The van der Waals surface area contributed by atoms with Gasteiger partial charge in [0.1, 0.15) is 11.0 Å². The molecule has 0 bridgehead atoms. The van der Waals surface area contributed by atoms with Crippen LogP contribution in [0.2, 0.25) is 5.02 Å². The molecule has 0 aliphatic carbocycles. The van der Waals surface area contributed by atoms with E-state index in [1.54, 1.807) is 18.2 Å². The molecule has 0 saturated heterocycles. The minimum absolute atomic E-state index is 0.224. The summed E-state index contributed by atoms with van der Waals surface area (Å²) in [7, 11) is 0. The van der Waals surface area contributed by atoms with E-state index in [-0.39, 0.29) is 12.5 Å². The maximum Gasteiger partial charge on any atom is 0.265 e. The molecule has 0 atom stereocenters. The number of hydrogen-bond acceptors (Lipinski definition) is 4. The van der Waals surface area contributed by atoms with Crippen LogP contribution in [-0.4, -0.2) is 27.7 Å². The van der Waals surface area contributed by atoms with Gasteiger partial charge in [-0.3, -0.25) is 4.79 Å². The molecule has 24 heavy (non-hydrogen) atoms. The first-order chi connectivity index (χ1) is 11.4. The summed E-state index contributed by atoms with van der Waals surface area (Å²) in [5.41, 5.74) is 2.92. The van der Waals surface area contributed by atoms with Crippen molar-refractivity contribution in [2.24, 2.45) is 0 Å². The summed E-state index contributed by atoms with van der Waals surface area (Å²) in [6.45, 7) is 1.74. The topological polar surface area (TPSA) is 69.0 Å². The molecule has 1 aromatic heterocycles. The average Bonchev–Trinajstić information content (AvgIpc) is 2.91. The van der Waals surface area contributed by atoms with Crippen LogP contribution in [0.15, 0.2) is 39.3 Å². The van der Waals surface area contributed by atoms with Gasteiger partial charge in [0.25, 0.3) is 5.91 Å². The van der Waals surface area contributed by atoms with Crippen molar-refractivity contribution in [3.63, 3.8) is 0 Å². The lowest BCUT2D eigenvalue weighted by atomic mass is 10.2. The van der Waals surface area contributed by atoms with Crippen molar-refractivity contribution in [2.75, 3.05) is 11.9 Å². The highest BCUT2D eigenvalue weighted by molar-refractivity contribution is 9.11. The number of carbonyl (C=O) groups excluding carboxylic acids is 1. The van der Waals surface area contributed by atoms with Gasteiger partial charge in [-0.15, -0.1) is 5.10 Å². The molecule has 0 spiro atoms. The van der Waals surface area contributed by atoms with E-state index < -0.39 is 0 Å². The predicted octanol–water partition coefficient (Wildman–Crippen LogP) is 3.99. The Morgan fingerprint density at radius 3 is 2.71 bits per heavy atom. The Morgan fingerprint density at radius 1 is 1.29 bits per heavy atom. The van der Waals surface area contributed by atoms with Gasteiger partial charge in [0.2, 0.25) is 0 Å². The Labute approximate surface area is 159 Å². The standard InChI is InChI=1S/C15H11Br2ClN4O2/c1-8-4-10(16)15(11(17)5-8)19-14(23)7-24-22-13-6-9(18)2-3-12(13)20-21-22/h2-6H,7H2,1H3,(H,19,23). The van der Waals surface area contributed by atoms with Gasteiger partial charge in [0, 0.05) is 14.0 Å². The highest BCUT2D eigenvalue weighted by atomic mass is 79.9. The van der Waals surface area contributed by atoms with Crippen molar-refractivity contribution in [2.45, 2.75) is 6.92 Å². The van der Waals surface area contributed by atoms with Gasteiger partial charge in [-0.05, 0) is 79.9 Å². The molecule has 0 aliphatic heterocycles. The Kier molecular flexibility index (Phi) is 5.07. The molecule has 1 N–H and O–H groups in total. The van der Waals surface area contributed by atoms with Gasteiger partial charge < -0.3 is 10.2 Å². The molecule has 3 rings (SSSR count). The van der Waals surface area contributed by atoms with Gasteiger partial charge in [-0.2, -0.15) is 0 Å². The number of aryl methyl sites for hydroxylation is 1. The summed E-state index contributed by atoms with van der Waals surface area (Å²) >= 11 is 12.8. The molecular weight excluding hydrogens is 463 g/mol. The Balaban J connectivity index is 1.70. The van der Waals surface area contributed by atoms with Crippen LogP contribution < -0.4 is 10.2 Å². The predicted molar refractivity (Wildman–Crippen MR) is 99.2 cm³/mol. The second-order valence-electron chi connectivity index (χ2n) is 5.02. The van der Waals surface area contributed by atoms with Crippen LogP contribution >= 0.6 is 43.5 Å². The molecule has 1 heterocycles. The van der Waals surface area contributed by atoms with Gasteiger partial charge in [-0.25, -0.2) is 0 Å². The summed E-state index contributed by atoms with van der Waals surface area (Å²) in [4.78, 5) is 18.7. The first-order valence-corrected chi connectivity index (χ1v) is 8.80. The number of amides is 1. The molecule has 1 amide bonds. The summed E-state index contributed by atoms with van der Waals surface area (Å²) in [6, 6.07) is 8.93. The van der Waals surface area contributed by atoms with Crippen LogP contribution in [-0.2, 0) is 4.79 Å². The molecule has 6 nitrogen and oxygen atoms in total. The molecular formula is C15H11Br2ClN4O2. The zero-order chi connectivity index (χ0) is 17.3. The number of halogens is 3. The number of fused-ring (bicyclic) bond motifs is 1. The third-order valence-electron chi connectivity index (χ3n) is 3.15. The third kappa shape index (κ3) is 3.71. The number of rotatable bonds is 4. The highest BCUT2D eigenvalue weighted by Gasteiger charge is 2.12. The molecule has 124 valence electrons. The van der Waals surface area contributed by atoms with Crippen LogP contribution in [0.4, 0.5) is 5.69 Å². The van der Waals surface area contributed by atoms with E-state index in [0.717, 1.165) is 14.5 Å². The number of hydrogen-bond donors (Lipinski definition) is 1. The van der Waals surface area contributed by atoms with Crippen molar-refractivity contribution >= 4 is 66.1 Å². The minimum Gasteiger partial charge on any atom is -0.385 e. The Morgan fingerprint density at radius 2 is 2.00 bits per heavy atom. The monoisotopic (exact) mass is 472 g/mol. The third-order valence-corrected chi connectivity index (χ3v) is 4.63. The zero-order valence-corrected chi connectivity index (χ0v) is 16.3. The number of nitrogens with zero attached hydrogens (tertiary/aromatic N) is 3. The van der Waals surface area contributed by atoms with Crippen LogP contribution in [0, 0.1) is 6.92 Å². The molecule has 0 radical (unpaired) electrons. The Bertz CT molecular complexity index is 906. The fourth-order valence-corrected chi connectivity index (χ4v) is 3.86. The highest BCUT2D eigenvalue weighted by Crippen LogP contribution is 2.32.